The van der Waals surface area contributed by atoms with Gasteiger partial charge in [0.2, 0.25) is 5.91 Å². The minimum atomic E-state index is -4.06. The average Bonchev–Trinajstić information content (AvgIpc) is 3.51. The SMILES string of the molecule is CCCCCCCCCCCCCCCCCCCCCC(=O)OC1CCC2(C)C(CCC3C2CCC2(C)C(C(C)CCC(=O)NCCS(=O)(=O)O)CCC32)C1. The molecule has 7 nitrogen and oxygen atoms in total. The lowest BCUT2D eigenvalue weighted by Gasteiger charge is -2.61. The number of fused-ring (bicyclic) bond motifs is 5. The van der Waals surface area contributed by atoms with Crippen molar-refractivity contribution in [3.8, 4) is 0 Å². The number of amides is 1. The summed E-state index contributed by atoms with van der Waals surface area (Å²) < 4.78 is 37.1. The Morgan fingerprint density at radius 1 is 0.696 bits per heavy atom. The zero-order valence-corrected chi connectivity index (χ0v) is 37.6. The van der Waals surface area contributed by atoms with E-state index in [0.29, 0.717) is 41.4 Å². The van der Waals surface area contributed by atoms with Gasteiger partial charge in [0.05, 0.1) is 5.75 Å². The Morgan fingerprint density at radius 3 is 1.80 bits per heavy atom. The van der Waals surface area contributed by atoms with Crippen LogP contribution in [-0.2, 0) is 24.4 Å². The molecule has 0 spiro atoms. The normalized spacial score (nSPS) is 30.6. The average molecular weight is 806 g/mol. The summed E-state index contributed by atoms with van der Waals surface area (Å²) in [5.41, 5.74) is 0.674. The molecule has 56 heavy (non-hydrogen) atoms. The van der Waals surface area contributed by atoms with Gasteiger partial charge in [-0.05, 0) is 117 Å². The van der Waals surface area contributed by atoms with Crippen molar-refractivity contribution in [2.24, 2.45) is 46.3 Å². The number of hydrogen-bond donors (Lipinski definition) is 2. The number of esters is 1. The van der Waals surface area contributed by atoms with Crippen molar-refractivity contribution in [1.29, 1.82) is 0 Å². The fraction of sp³-hybridized carbons (Fsp3) is 0.958. The van der Waals surface area contributed by atoms with Crippen LogP contribution in [0.4, 0.5) is 0 Å². The summed E-state index contributed by atoms with van der Waals surface area (Å²) in [7, 11) is -4.06. The predicted octanol–water partition coefficient (Wildman–Crippen LogP) is 12.8. The second-order valence-corrected chi connectivity index (χ2v) is 21.6. The topological polar surface area (TPSA) is 110 Å². The molecule has 2 N–H and O–H groups in total. The smallest absolute Gasteiger partial charge is 0.306 e. The molecule has 4 saturated carbocycles. The zero-order valence-electron chi connectivity index (χ0n) is 36.8. The van der Waals surface area contributed by atoms with Gasteiger partial charge in [0.15, 0.2) is 0 Å². The van der Waals surface area contributed by atoms with E-state index in [2.05, 4.69) is 33.0 Å². The van der Waals surface area contributed by atoms with Crippen LogP contribution in [0, 0.1) is 46.3 Å². The van der Waals surface area contributed by atoms with Crippen LogP contribution in [0.25, 0.3) is 0 Å². The van der Waals surface area contributed by atoms with E-state index >= 15 is 0 Å². The molecule has 0 saturated heterocycles. The molecule has 0 aromatic carbocycles. The fourth-order valence-electron chi connectivity index (χ4n) is 12.9. The van der Waals surface area contributed by atoms with Gasteiger partial charge in [-0.25, -0.2) is 0 Å². The van der Waals surface area contributed by atoms with Gasteiger partial charge in [-0.3, -0.25) is 14.1 Å². The molecule has 8 heteroatoms. The van der Waals surface area contributed by atoms with Crippen LogP contribution in [0.2, 0.25) is 0 Å². The Labute approximate surface area is 344 Å². The van der Waals surface area contributed by atoms with E-state index in [9.17, 15) is 18.0 Å². The maximum atomic E-state index is 12.9. The van der Waals surface area contributed by atoms with Gasteiger partial charge in [0.25, 0.3) is 10.1 Å². The minimum Gasteiger partial charge on any atom is -0.462 e. The number of unbranched alkanes of at least 4 members (excludes halogenated alkanes) is 18. The molecule has 1 amide bonds. The van der Waals surface area contributed by atoms with Gasteiger partial charge in [0.1, 0.15) is 6.10 Å². The van der Waals surface area contributed by atoms with Crippen LogP contribution in [0.3, 0.4) is 0 Å². The molecule has 4 fully saturated rings. The lowest BCUT2D eigenvalue weighted by molar-refractivity contribution is -0.162. The first kappa shape index (κ1) is 47.5. The molecule has 0 aromatic heterocycles. The van der Waals surface area contributed by atoms with Gasteiger partial charge in [-0.1, -0.05) is 143 Å². The van der Waals surface area contributed by atoms with Crippen LogP contribution in [-0.4, -0.2) is 43.2 Å². The van der Waals surface area contributed by atoms with Crippen molar-refractivity contribution in [3.05, 3.63) is 0 Å². The number of nitrogens with one attached hydrogen (secondary N) is 1. The highest BCUT2D eigenvalue weighted by molar-refractivity contribution is 7.85. The van der Waals surface area contributed by atoms with E-state index in [1.807, 2.05) is 0 Å². The standard InChI is InChI=1S/C48H87NO6S/c1-5-6-7-8-9-10-11-12-13-14-15-16-17-18-19-20-21-22-23-24-46(51)55-40-31-33-47(3)39(37-40)26-27-41-43-29-28-42(48(43,4)34-32-44(41)47)38(2)25-30-45(50)49-35-36-56(52,53)54/h38-44H,5-37H2,1-4H3,(H,49,50)(H,52,53,54). The van der Waals surface area contributed by atoms with E-state index in [1.54, 1.807) is 0 Å². The Balaban J connectivity index is 1.04. The Hall–Kier alpha value is -1.15. The summed E-state index contributed by atoms with van der Waals surface area (Å²) in [6, 6.07) is 0. The lowest BCUT2D eigenvalue weighted by atomic mass is 9.44. The van der Waals surface area contributed by atoms with Crippen LogP contribution >= 0.6 is 0 Å². The molecule has 4 aliphatic rings. The molecule has 0 heterocycles. The van der Waals surface area contributed by atoms with Gasteiger partial charge in [0, 0.05) is 19.4 Å². The maximum Gasteiger partial charge on any atom is 0.306 e. The Kier molecular flexibility index (Phi) is 20.5. The second-order valence-electron chi connectivity index (χ2n) is 20.0. The van der Waals surface area contributed by atoms with Crippen molar-refractivity contribution >= 4 is 22.0 Å². The summed E-state index contributed by atoms with van der Waals surface area (Å²) >= 11 is 0. The number of hydrogen-bond acceptors (Lipinski definition) is 5. The highest BCUT2D eigenvalue weighted by Crippen LogP contribution is 2.68. The quantitative estimate of drug-likeness (QED) is 0.0463. The van der Waals surface area contributed by atoms with Crippen LogP contribution < -0.4 is 5.32 Å². The predicted molar refractivity (Wildman–Crippen MR) is 231 cm³/mol. The zero-order chi connectivity index (χ0) is 40.4. The monoisotopic (exact) mass is 806 g/mol. The summed E-state index contributed by atoms with van der Waals surface area (Å²) in [6.07, 6.45) is 38.7. The highest BCUT2D eigenvalue weighted by Gasteiger charge is 2.60. The van der Waals surface area contributed by atoms with Gasteiger partial charge < -0.3 is 10.1 Å². The largest absolute Gasteiger partial charge is 0.462 e. The third-order valence-corrected chi connectivity index (χ3v) is 16.9. The second kappa shape index (κ2) is 24.2. The van der Waals surface area contributed by atoms with Gasteiger partial charge in [-0.2, -0.15) is 8.42 Å². The molecule has 0 aliphatic heterocycles. The Morgan fingerprint density at radius 2 is 1.23 bits per heavy atom. The molecule has 9 atom stereocenters. The Bertz CT molecular complexity index is 1260. The van der Waals surface area contributed by atoms with Crippen molar-refractivity contribution in [1.82, 2.24) is 5.32 Å². The molecule has 9 unspecified atom stereocenters. The molecular weight excluding hydrogens is 719 g/mol. The third-order valence-electron chi connectivity index (χ3n) is 16.2. The summed E-state index contributed by atoms with van der Waals surface area (Å²) in [5.74, 6) is 3.50. The first-order valence-electron chi connectivity index (χ1n) is 24.3. The molecule has 0 radical (unpaired) electrons. The maximum absolute atomic E-state index is 12.9. The summed E-state index contributed by atoms with van der Waals surface area (Å²) in [6.45, 7) is 9.71. The summed E-state index contributed by atoms with van der Waals surface area (Å²) in [5, 5.41) is 2.66. The first-order chi connectivity index (χ1) is 26.9. The molecule has 4 rings (SSSR count). The van der Waals surface area contributed by atoms with Crippen molar-refractivity contribution in [3.63, 3.8) is 0 Å². The molecule has 0 bridgehead atoms. The van der Waals surface area contributed by atoms with Crippen LogP contribution in [0.1, 0.15) is 227 Å². The number of carbonyl (C=O) groups excluding carboxylic acids is 2. The highest BCUT2D eigenvalue weighted by atomic mass is 32.2. The summed E-state index contributed by atoms with van der Waals surface area (Å²) in [4.78, 5) is 25.3. The van der Waals surface area contributed by atoms with E-state index < -0.39 is 15.9 Å². The van der Waals surface area contributed by atoms with Crippen LogP contribution in [0.15, 0.2) is 0 Å². The first-order valence-corrected chi connectivity index (χ1v) is 25.9. The number of rotatable bonds is 28. The third kappa shape index (κ3) is 14.8. The molecular formula is C48H87NO6S. The van der Waals surface area contributed by atoms with E-state index in [4.69, 9.17) is 9.29 Å². The van der Waals surface area contributed by atoms with E-state index in [1.165, 1.54) is 154 Å². The lowest BCUT2D eigenvalue weighted by Crippen LogP contribution is -2.54. The minimum absolute atomic E-state index is 0.0365. The van der Waals surface area contributed by atoms with E-state index in [-0.39, 0.29) is 24.5 Å². The van der Waals surface area contributed by atoms with Crippen LogP contribution in [0.5, 0.6) is 0 Å². The molecule has 326 valence electrons. The number of carbonyl (C=O) groups is 2. The van der Waals surface area contributed by atoms with Gasteiger partial charge in [-0.15, -0.1) is 0 Å². The van der Waals surface area contributed by atoms with Crippen molar-refractivity contribution < 1.29 is 27.3 Å². The number of ether oxygens (including phenoxy) is 1. The van der Waals surface area contributed by atoms with Crippen molar-refractivity contribution in [2.45, 2.75) is 233 Å². The van der Waals surface area contributed by atoms with E-state index in [0.717, 1.165) is 49.9 Å². The molecule has 4 aliphatic carbocycles. The van der Waals surface area contributed by atoms with Gasteiger partial charge >= 0.3 is 5.97 Å². The fourth-order valence-corrected chi connectivity index (χ4v) is 13.2. The molecule has 0 aromatic rings. The van der Waals surface area contributed by atoms with Crippen molar-refractivity contribution in [2.75, 3.05) is 12.3 Å².